The van der Waals surface area contributed by atoms with Crippen LogP contribution in [0.2, 0.25) is 0 Å². The minimum Gasteiger partial charge on any atom is -0.477 e. The van der Waals surface area contributed by atoms with Gasteiger partial charge in [-0.25, -0.2) is 9.18 Å². The molecule has 0 unspecified atom stereocenters. The first kappa shape index (κ1) is 21.9. The van der Waals surface area contributed by atoms with Crippen molar-refractivity contribution < 1.29 is 27.8 Å². The van der Waals surface area contributed by atoms with E-state index in [1.807, 2.05) is 13.8 Å². The topological polar surface area (TPSA) is 80.1 Å². The molecular formula is C23H22F3N3O3. The predicted molar refractivity (Wildman–Crippen MR) is 114 cm³/mol. The maximum absolute atomic E-state index is 14.5. The molecule has 0 aliphatic carbocycles. The molecular weight excluding hydrogens is 423 g/mol. The van der Waals surface area contributed by atoms with Crippen LogP contribution in [0.5, 0.6) is 0 Å². The Labute approximate surface area is 181 Å². The number of hydrogen-bond donors (Lipinski definition) is 2. The lowest BCUT2D eigenvalue weighted by Crippen LogP contribution is -2.33. The molecule has 0 aliphatic heterocycles. The standard InChI is InChI=1S/C23H22F3N3O3/c1-22(2,12-32-3)20-17(10-23(25,26)21(30)31)16-9-18-13(11-27-28-18)8-19(16)29(20)15-6-4-14(24)5-7-15/h4-9,11H,10,12H2,1-3H3,(H,27,28)(H,30,31). The van der Waals surface area contributed by atoms with Gasteiger partial charge in [0, 0.05) is 34.7 Å². The van der Waals surface area contributed by atoms with Crippen LogP contribution in [0, 0.1) is 5.82 Å². The van der Waals surface area contributed by atoms with Crippen LogP contribution in [0.25, 0.3) is 27.5 Å². The van der Waals surface area contributed by atoms with Crippen molar-refractivity contribution in [3.8, 4) is 5.69 Å². The van der Waals surface area contributed by atoms with E-state index in [1.165, 1.54) is 19.2 Å². The van der Waals surface area contributed by atoms with Crippen LogP contribution < -0.4 is 0 Å². The zero-order valence-corrected chi connectivity index (χ0v) is 17.7. The number of aromatic amines is 1. The molecule has 2 heterocycles. The molecule has 9 heteroatoms. The van der Waals surface area contributed by atoms with Crippen LogP contribution in [0.4, 0.5) is 13.2 Å². The zero-order valence-electron chi connectivity index (χ0n) is 17.7. The van der Waals surface area contributed by atoms with Gasteiger partial charge < -0.3 is 14.4 Å². The minimum absolute atomic E-state index is 0.190. The summed E-state index contributed by atoms with van der Waals surface area (Å²) in [5.74, 6) is -6.61. The fraction of sp³-hybridized carbons (Fsp3) is 0.304. The molecule has 0 amide bonds. The van der Waals surface area contributed by atoms with Crippen molar-refractivity contribution in [3.63, 3.8) is 0 Å². The van der Waals surface area contributed by atoms with Gasteiger partial charge in [-0.05, 0) is 42.0 Å². The lowest BCUT2D eigenvalue weighted by atomic mass is 9.85. The Bertz CT molecular complexity index is 1310. The Morgan fingerprint density at radius 2 is 1.91 bits per heavy atom. The molecule has 0 bridgehead atoms. The largest absolute Gasteiger partial charge is 0.477 e. The van der Waals surface area contributed by atoms with E-state index in [9.17, 15) is 18.0 Å². The normalized spacial score (nSPS) is 12.7. The quantitative estimate of drug-likeness (QED) is 0.427. The van der Waals surface area contributed by atoms with Crippen LogP contribution in [0.1, 0.15) is 25.1 Å². The van der Waals surface area contributed by atoms with Gasteiger partial charge >= 0.3 is 11.9 Å². The summed E-state index contributed by atoms with van der Waals surface area (Å²) in [6, 6.07) is 9.18. The molecule has 4 aromatic rings. The molecule has 2 N–H and O–H groups in total. The predicted octanol–water partition coefficient (Wildman–Crippen LogP) is 4.83. The summed E-state index contributed by atoms with van der Waals surface area (Å²) in [5, 5.41) is 17.2. The number of nitrogens with one attached hydrogen (secondary N) is 1. The van der Waals surface area contributed by atoms with Crippen molar-refractivity contribution in [2.75, 3.05) is 13.7 Å². The smallest absolute Gasteiger partial charge is 0.374 e. The van der Waals surface area contributed by atoms with Crippen molar-refractivity contribution in [2.45, 2.75) is 31.6 Å². The highest BCUT2D eigenvalue weighted by atomic mass is 19.3. The van der Waals surface area contributed by atoms with E-state index in [0.717, 1.165) is 5.39 Å². The second kappa shape index (κ2) is 7.67. The minimum atomic E-state index is -3.98. The Hall–Kier alpha value is -3.33. The number of carboxylic acid groups (broad SMARTS) is 1. The Morgan fingerprint density at radius 1 is 1.22 bits per heavy atom. The Balaban J connectivity index is 2.15. The fourth-order valence-electron chi connectivity index (χ4n) is 4.26. The third-order valence-electron chi connectivity index (χ3n) is 5.57. The molecule has 0 saturated heterocycles. The first-order chi connectivity index (χ1) is 15.0. The van der Waals surface area contributed by atoms with Gasteiger partial charge in [-0.2, -0.15) is 13.9 Å². The summed E-state index contributed by atoms with van der Waals surface area (Å²) in [4.78, 5) is 11.3. The highest BCUT2D eigenvalue weighted by molar-refractivity contribution is 5.99. The van der Waals surface area contributed by atoms with Gasteiger partial charge in [0.2, 0.25) is 0 Å². The van der Waals surface area contributed by atoms with Crippen LogP contribution in [-0.4, -0.2) is 45.5 Å². The van der Waals surface area contributed by atoms with Gasteiger partial charge in [0.05, 0.1) is 30.3 Å². The first-order valence-electron chi connectivity index (χ1n) is 9.92. The number of fused-ring (bicyclic) bond motifs is 2. The number of benzene rings is 2. The van der Waals surface area contributed by atoms with Crippen molar-refractivity contribution in [2.24, 2.45) is 0 Å². The molecule has 0 radical (unpaired) electrons. The average Bonchev–Trinajstić information content (AvgIpc) is 3.29. The van der Waals surface area contributed by atoms with Gasteiger partial charge in [0.1, 0.15) is 5.82 Å². The number of rotatable bonds is 7. The summed E-state index contributed by atoms with van der Waals surface area (Å²) in [6.07, 6.45) is 0.609. The van der Waals surface area contributed by atoms with E-state index < -0.39 is 29.5 Å². The van der Waals surface area contributed by atoms with Crippen molar-refractivity contribution in [1.82, 2.24) is 14.8 Å². The molecule has 0 spiro atoms. The lowest BCUT2D eigenvalue weighted by Gasteiger charge is -2.28. The van der Waals surface area contributed by atoms with E-state index in [-0.39, 0.29) is 12.2 Å². The number of methoxy groups -OCH3 is 1. The number of aliphatic carboxylic acids is 1. The molecule has 168 valence electrons. The monoisotopic (exact) mass is 445 g/mol. The number of halogens is 3. The van der Waals surface area contributed by atoms with Gasteiger partial charge in [-0.1, -0.05) is 13.8 Å². The van der Waals surface area contributed by atoms with Crippen molar-refractivity contribution in [1.29, 1.82) is 0 Å². The van der Waals surface area contributed by atoms with Crippen molar-refractivity contribution in [3.05, 3.63) is 59.7 Å². The molecule has 4 rings (SSSR count). The number of aromatic nitrogens is 3. The first-order valence-corrected chi connectivity index (χ1v) is 9.92. The third-order valence-corrected chi connectivity index (χ3v) is 5.57. The summed E-state index contributed by atoms with van der Waals surface area (Å²) >= 11 is 0. The molecule has 0 atom stereocenters. The molecule has 6 nitrogen and oxygen atoms in total. The fourth-order valence-corrected chi connectivity index (χ4v) is 4.26. The van der Waals surface area contributed by atoms with Crippen LogP contribution in [0.3, 0.4) is 0 Å². The van der Waals surface area contributed by atoms with Gasteiger partial charge in [-0.15, -0.1) is 0 Å². The molecule has 2 aromatic carbocycles. The molecule has 32 heavy (non-hydrogen) atoms. The van der Waals surface area contributed by atoms with Gasteiger partial charge in [0.25, 0.3) is 0 Å². The number of alkyl halides is 2. The Kier molecular flexibility index (Phi) is 5.24. The third kappa shape index (κ3) is 3.62. The number of nitrogens with zero attached hydrogens (tertiary/aromatic N) is 2. The summed E-state index contributed by atoms with van der Waals surface area (Å²) in [5.41, 5.74) is 1.66. The van der Waals surface area contributed by atoms with Crippen molar-refractivity contribution >= 4 is 27.8 Å². The highest BCUT2D eigenvalue weighted by Gasteiger charge is 2.43. The van der Waals surface area contributed by atoms with E-state index in [0.29, 0.717) is 27.8 Å². The van der Waals surface area contributed by atoms with E-state index in [2.05, 4.69) is 10.2 Å². The maximum atomic E-state index is 14.5. The van der Waals surface area contributed by atoms with Gasteiger partial charge in [-0.3, -0.25) is 5.10 Å². The molecule has 2 aromatic heterocycles. The second-order valence-electron chi connectivity index (χ2n) is 8.47. The van der Waals surface area contributed by atoms with Crippen LogP contribution in [0.15, 0.2) is 42.6 Å². The highest BCUT2D eigenvalue weighted by Crippen LogP contribution is 2.41. The lowest BCUT2D eigenvalue weighted by molar-refractivity contribution is -0.164. The van der Waals surface area contributed by atoms with Gasteiger partial charge in [0.15, 0.2) is 0 Å². The van der Waals surface area contributed by atoms with Crippen LogP contribution in [-0.2, 0) is 21.4 Å². The van der Waals surface area contributed by atoms with E-state index in [4.69, 9.17) is 9.84 Å². The number of H-pyrrole nitrogens is 1. The maximum Gasteiger partial charge on any atom is 0.374 e. The van der Waals surface area contributed by atoms with Crippen LogP contribution >= 0.6 is 0 Å². The number of carboxylic acids is 1. The molecule has 0 saturated carbocycles. The Morgan fingerprint density at radius 3 is 2.53 bits per heavy atom. The van der Waals surface area contributed by atoms with E-state index in [1.54, 1.807) is 35.0 Å². The number of hydrogen-bond acceptors (Lipinski definition) is 3. The SMILES string of the molecule is COCC(C)(C)c1c(CC(F)(F)C(=O)O)c2cc3[nH]ncc3cc2n1-c1ccc(F)cc1. The zero-order chi connectivity index (χ0) is 23.3. The summed E-state index contributed by atoms with van der Waals surface area (Å²) in [6.45, 7) is 3.86. The number of carbonyl (C=O) groups is 1. The van der Waals surface area contributed by atoms with E-state index >= 15 is 0 Å². The molecule has 0 aliphatic rings. The average molecular weight is 445 g/mol. The summed E-state index contributed by atoms with van der Waals surface area (Å²) < 4.78 is 49.8. The number of ether oxygens (including phenoxy) is 1. The molecule has 0 fully saturated rings. The summed E-state index contributed by atoms with van der Waals surface area (Å²) in [7, 11) is 1.51. The second-order valence-corrected chi connectivity index (χ2v) is 8.47.